The first-order valence-electron chi connectivity index (χ1n) is 4.76. The maximum absolute atomic E-state index is 13.3. The summed E-state index contributed by atoms with van der Waals surface area (Å²) in [5.41, 5.74) is -1.08. The van der Waals surface area contributed by atoms with Gasteiger partial charge in [0.1, 0.15) is 0 Å². The van der Waals surface area contributed by atoms with Gasteiger partial charge in [-0.2, -0.15) is 4.39 Å². The van der Waals surface area contributed by atoms with Gasteiger partial charge >= 0.3 is 5.69 Å². The van der Waals surface area contributed by atoms with E-state index in [0.717, 1.165) is 18.2 Å². The normalized spacial score (nSPS) is 10.9. The molecule has 0 unspecified atom stereocenters. The van der Waals surface area contributed by atoms with Crippen LogP contribution in [0.1, 0.15) is 6.42 Å². The minimum atomic E-state index is -4.16. The van der Waals surface area contributed by atoms with Crippen LogP contribution in [0, 0.1) is 28.3 Å². The molecular formula is C10H9FN2O4S. The lowest BCUT2D eigenvalue weighted by Crippen LogP contribution is -2.25. The third-order valence-electron chi connectivity index (χ3n) is 1.98. The molecule has 0 aliphatic heterocycles. The van der Waals surface area contributed by atoms with Crippen LogP contribution in [0.2, 0.25) is 0 Å². The molecular weight excluding hydrogens is 263 g/mol. The van der Waals surface area contributed by atoms with Gasteiger partial charge in [0.2, 0.25) is 15.8 Å². The summed E-state index contributed by atoms with van der Waals surface area (Å²) in [6, 6.07) is 2.86. The first-order valence-corrected chi connectivity index (χ1v) is 6.24. The number of rotatable bonds is 5. The molecule has 1 aromatic carbocycles. The lowest BCUT2D eigenvalue weighted by Gasteiger charge is -2.06. The SMILES string of the molecule is C#CCCNS(=O)(=O)c1cccc(F)c1[N+](=O)[O-]. The molecule has 1 rings (SSSR count). The van der Waals surface area contributed by atoms with Crippen molar-refractivity contribution < 1.29 is 17.7 Å². The van der Waals surface area contributed by atoms with E-state index >= 15 is 0 Å². The Morgan fingerprint density at radius 2 is 2.17 bits per heavy atom. The highest BCUT2D eigenvalue weighted by molar-refractivity contribution is 7.89. The Morgan fingerprint density at radius 1 is 1.50 bits per heavy atom. The van der Waals surface area contributed by atoms with Crippen LogP contribution in [0.15, 0.2) is 23.1 Å². The zero-order valence-electron chi connectivity index (χ0n) is 9.09. The lowest BCUT2D eigenvalue weighted by atomic mass is 10.3. The van der Waals surface area contributed by atoms with Crippen LogP contribution in [-0.2, 0) is 10.0 Å². The molecule has 0 aliphatic carbocycles. The second-order valence-corrected chi connectivity index (χ2v) is 4.93. The average Bonchev–Trinajstić information content (AvgIpc) is 2.28. The fourth-order valence-corrected chi connectivity index (χ4v) is 2.44. The maximum Gasteiger partial charge on any atom is 0.324 e. The molecule has 1 N–H and O–H groups in total. The maximum atomic E-state index is 13.3. The summed E-state index contributed by atoms with van der Waals surface area (Å²) < 4.78 is 38.8. The summed E-state index contributed by atoms with van der Waals surface area (Å²) >= 11 is 0. The van der Waals surface area contributed by atoms with Crippen molar-refractivity contribution in [2.45, 2.75) is 11.3 Å². The van der Waals surface area contributed by atoms with E-state index in [2.05, 4.69) is 10.6 Å². The number of nitro groups is 1. The summed E-state index contributed by atoms with van der Waals surface area (Å²) in [6.45, 7) is -0.0769. The second-order valence-electron chi connectivity index (χ2n) is 3.20. The Hall–Kier alpha value is -1.98. The van der Waals surface area contributed by atoms with Crippen LogP contribution in [0.4, 0.5) is 10.1 Å². The van der Waals surface area contributed by atoms with E-state index in [-0.39, 0.29) is 13.0 Å². The van der Waals surface area contributed by atoms with Crippen LogP contribution in [0.3, 0.4) is 0 Å². The molecule has 0 radical (unpaired) electrons. The van der Waals surface area contributed by atoms with E-state index in [0.29, 0.717) is 0 Å². The minimum absolute atomic E-state index is 0.0769. The first kappa shape index (κ1) is 14.1. The van der Waals surface area contributed by atoms with Crippen molar-refractivity contribution in [1.29, 1.82) is 0 Å². The highest BCUT2D eigenvalue weighted by Gasteiger charge is 2.28. The number of nitro benzene ring substituents is 1. The molecule has 0 heterocycles. The number of hydrogen-bond acceptors (Lipinski definition) is 4. The van der Waals surface area contributed by atoms with Gasteiger partial charge < -0.3 is 0 Å². The molecule has 18 heavy (non-hydrogen) atoms. The predicted octanol–water partition coefficient (Wildman–Crippen LogP) is 1.04. The number of hydrogen-bond donors (Lipinski definition) is 1. The number of sulfonamides is 1. The summed E-state index contributed by atoms with van der Waals surface area (Å²) in [5, 5.41) is 10.7. The van der Waals surface area contributed by atoms with Crippen molar-refractivity contribution in [2.24, 2.45) is 0 Å². The molecule has 0 aliphatic rings. The number of nitrogens with zero attached hydrogens (tertiary/aromatic N) is 1. The molecule has 0 bridgehead atoms. The number of benzene rings is 1. The van der Waals surface area contributed by atoms with Crippen LogP contribution >= 0.6 is 0 Å². The molecule has 0 spiro atoms. The van der Waals surface area contributed by atoms with E-state index in [9.17, 15) is 22.9 Å². The molecule has 0 aromatic heterocycles. The van der Waals surface area contributed by atoms with Gasteiger partial charge in [-0.25, -0.2) is 13.1 Å². The van der Waals surface area contributed by atoms with E-state index in [1.165, 1.54) is 0 Å². The van der Waals surface area contributed by atoms with Crippen LogP contribution < -0.4 is 4.72 Å². The molecule has 1 aromatic rings. The highest BCUT2D eigenvalue weighted by Crippen LogP contribution is 2.26. The average molecular weight is 272 g/mol. The zero-order valence-corrected chi connectivity index (χ0v) is 9.91. The van der Waals surface area contributed by atoms with E-state index in [1.54, 1.807) is 0 Å². The van der Waals surface area contributed by atoms with Gasteiger partial charge in [0.25, 0.3) is 0 Å². The molecule has 8 heteroatoms. The first-order chi connectivity index (χ1) is 8.40. The number of nitrogens with one attached hydrogen (secondary N) is 1. The van der Waals surface area contributed by atoms with Gasteiger partial charge in [-0.3, -0.25) is 10.1 Å². The molecule has 0 atom stereocenters. The van der Waals surface area contributed by atoms with Crippen LogP contribution in [0.5, 0.6) is 0 Å². The van der Waals surface area contributed by atoms with Gasteiger partial charge in [0, 0.05) is 13.0 Å². The smallest absolute Gasteiger partial charge is 0.258 e. The van der Waals surface area contributed by atoms with Crippen LogP contribution in [-0.4, -0.2) is 19.9 Å². The van der Waals surface area contributed by atoms with Gasteiger partial charge in [0.05, 0.1) is 4.92 Å². The summed E-state index contributed by atoms with van der Waals surface area (Å²) in [5.74, 6) is 0.997. The number of para-hydroxylation sites is 1. The topological polar surface area (TPSA) is 89.3 Å². The largest absolute Gasteiger partial charge is 0.324 e. The second kappa shape index (κ2) is 5.57. The Kier molecular flexibility index (Phi) is 4.36. The summed E-state index contributed by atoms with van der Waals surface area (Å²) in [7, 11) is -4.16. The third-order valence-corrected chi connectivity index (χ3v) is 3.48. The Morgan fingerprint density at radius 3 is 2.72 bits per heavy atom. The van der Waals surface area contributed by atoms with Crippen molar-refractivity contribution >= 4 is 15.7 Å². The minimum Gasteiger partial charge on any atom is -0.258 e. The molecule has 0 fully saturated rings. The Bertz CT molecular complexity index is 607. The van der Waals surface area contributed by atoms with Gasteiger partial charge in [-0.1, -0.05) is 6.07 Å². The molecule has 0 amide bonds. The van der Waals surface area contributed by atoms with Gasteiger partial charge in [-0.15, -0.1) is 12.3 Å². The molecule has 6 nitrogen and oxygen atoms in total. The standard InChI is InChI=1S/C10H9FN2O4S/c1-2-3-7-12-18(16,17)9-6-4-5-8(11)10(9)13(14)15/h1,4-6,12H,3,7H2. The number of terminal acetylenes is 1. The molecule has 0 saturated heterocycles. The predicted molar refractivity (Wildman–Crippen MR) is 61.7 cm³/mol. The monoisotopic (exact) mass is 272 g/mol. The third kappa shape index (κ3) is 3.03. The van der Waals surface area contributed by atoms with Crippen molar-refractivity contribution in [3.8, 4) is 12.3 Å². The summed E-state index contributed by atoms with van der Waals surface area (Å²) in [6.07, 6.45) is 5.07. The highest BCUT2D eigenvalue weighted by atomic mass is 32.2. The molecule has 0 saturated carbocycles. The fourth-order valence-electron chi connectivity index (χ4n) is 1.22. The molecule has 96 valence electrons. The number of halogens is 1. The van der Waals surface area contributed by atoms with Gasteiger partial charge in [0.15, 0.2) is 4.90 Å². The van der Waals surface area contributed by atoms with Crippen molar-refractivity contribution in [3.05, 3.63) is 34.1 Å². The van der Waals surface area contributed by atoms with Crippen molar-refractivity contribution in [3.63, 3.8) is 0 Å². The Labute approximate surface area is 103 Å². The van der Waals surface area contributed by atoms with Crippen molar-refractivity contribution in [1.82, 2.24) is 4.72 Å². The fraction of sp³-hybridized carbons (Fsp3) is 0.200. The van der Waals surface area contributed by atoms with Gasteiger partial charge in [-0.05, 0) is 12.1 Å². The lowest BCUT2D eigenvalue weighted by molar-refractivity contribution is -0.390. The zero-order chi connectivity index (χ0) is 13.8. The summed E-state index contributed by atoms with van der Waals surface area (Å²) in [4.78, 5) is 8.86. The van der Waals surface area contributed by atoms with E-state index in [1.807, 2.05) is 0 Å². The van der Waals surface area contributed by atoms with E-state index in [4.69, 9.17) is 6.42 Å². The quantitative estimate of drug-likeness (QED) is 0.375. The Balaban J connectivity index is 3.21. The van der Waals surface area contributed by atoms with Crippen molar-refractivity contribution in [2.75, 3.05) is 6.54 Å². The van der Waals surface area contributed by atoms with E-state index < -0.39 is 31.3 Å². The van der Waals surface area contributed by atoms with Crippen LogP contribution in [0.25, 0.3) is 0 Å².